The molecule has 132 valence electrons. The Labute approximate surface area is 145 Å². The van der Waals surface area contributed by atoms with Crippen LogP contribution in [-0.4, -0.2) is 24.5 Å². The molecule has 0 atom stereocenters. The van der Waals surface area contributed by atoms with E-state index >= 15 is 0 Å². The van der Waals surface area contributed by atoms with Crippen LogP contribution < -0.4 is 9.64 Å². The monoisotopic (exact) mass is 423 g/mol. The highest BCUT2D eigenvalue weighted by molar-refractivity contribution is 9.11. The molecule has 0 unspecified atom stereocenters. The predicted octanol–water partition coefficient (Wildman–Crippen LogP) is 5.52. The van der Waals surface area contributed by atoms with Crippen LogP contribution in [0.3, 0.4) is 0 Å². The molecule has 0 N–H and O–H groups in total. The smallest absolute Gasteiger partial charge is 0.382 e. The molecular formula is C16H8BrF6NO. The van der Waals surface area contributed by atoms with Gasteiger partial charge >= 0.3 is 17.8 Å². The van der Waals surface area contributed by atoms with Crippen molar-refractivity contribution in [1.29, 1.82) is 0 Å². The first-order valence-electron chi connectivity index (χ1n) is 7.07. The third kappa shape index (κ3) is 1.87. The Morgan fingerprint density at radius 1 is 0.920 bits per heavy atom. The average Bonchev–Trinajstić information content (AvgIpc) is 2.65. The van der Waals surface area contributed by atoms with E-state index in [-0.39, 0.29) is 5.69 Å². The molecule has 0 aromatic heterocycles. The second-order valence-electron chi connectivity index (χ2n) is 5.72. The first kappa shape index (κ1) is 16.6. The van der Waals surface area contributed by atoms with Crippen LogP contribution in [0.25, 0.3) is 10.8 Å². The highest BCUT2D eigenvalue weighted by atomic mass is 79.9. The van der Waals surface area contributed by atoms with Crippen molar-refractivity contribution in [3.8, 4) is 5.75 Å². The van der Waals surface area contributed by atoms with E-state index in [2.05, 4.69) is 15.9 Å². The van der Waals surface area contributed by atoms with E-state index in [1.54, 1.807) is 24.3 Å². The number of benzene rings is 2. The molecule has 4 rings (SSSR count). The third-order valence-electron chi connectivity index (χ3n) is 4.32. The lowest BCUT2D eigenvalue weighted by atomic mass is 10.0. The van der Waals surface area contributed by atoms with Gasteiger partial charge in [-0.2, -0.15) is 26.3 Å². The molecule has 0 radical (unpaired) electrons. The molecule has 0 saturated carbocycles. The van der Waals surface area contributed by atoms with Crippen LogP contribution in [0.15, 0.2) is 46.6 Å². The second-order valence-corrected chi connectivity index (χ2v) is 6.51. The topological polar surface area (TPSA) is 12.5 Å². The van der Waals surface area contributed by atoms with Crippen molar-refractivity contribution < 1.29 is 31.1 Å². The standard InChI is InChI=1S/C16H8BrF6NO/c17-12-13(15(20,21)16(22,23)14(12,18)19)24-7-25-10-6-2-4-8-3-1-5-9(24)11(8)10/h1-6H,7H2. The summed E-state index contributed by atoms with van der Waals surface area (Å²) in [5, 5.41) is 0.995. The lowest BCUT2D eigenvalue weighted by Gasteiger charge is -2.35. The summed E-state index contributed by atoms with van der Waals surface area (Å²) in [6.07, 6.45) is 0. The molecule has 0 bridgehead atoms. The molecule has 1 aliphatic carbocycles. The summed E-state index contributed by atoms with van der Waals surface area (Å²) in [7, 11) is 0. The molecule has 0 fully saturated rings. The number of rotatable bonds is 1. The molecule has 2 aromatic carbocycles. The molecule has 2 aromatic rings. The van der Waals surface area contributed by atoms with E-state index in [1.807, 2.05) is 0 Å². The molecule has 9 heteroatoms. The fourth-order valence-electron chi connectivity index (χ4n) is 3.08. The second kappa shape index (κ2) is 4.84. The maximum absolute atomic E-state index is 14.3. The van der Waals surface area contributed by atoms with Gasteiger partial charge in [-0.3, -0.25) is 0 Å². The Balaban J connectivity index is 1.98. The van der Waals surface area contributed by atoms with Crippen molar-refractivity contribution in [3.63, 3.8) is 0 Å². The summed E-state index contributed by atoms with van der Waals surface area (Å²) >= 11 is 2.27. The van der Waals surface area contributed by atoms with Crippen molar-refractivity contribution in [2.24, 2.45) is 0 Å². The zero-order valence-corrected chi connectivity index (χ0v) is 13.8. The van der Waals surface area contributed by atoms with E-state index < -0.39 is 34.7 Å². The molecule has 25 heavy (non-hydrogen) atoms. The highest BCUT2D eigenvalue weighted by Gasteiger charge is 2.81. The summed E-state index contributed by atoms with van der Waals surface area (Å²) in [5.74, 6) is -15.3. The van der Waals surface area contributed by atoms with Gasteiger partial charge in [-0.05, 0) is 33.4 Å². The number of halogens is 7. The van der Waals surface area contributed by atoms with E-state index in [9.17, 15) is 26.3 Å². The van der Waals surface area contributed by atoms with Crippen LogP contribution >= 0.6 is 15.9 Å². The van der Waals surface area contributed by atoms with E-state index in [4.69, 9.17) is 4.74 Å². The van der Waals surface area contributed by atoms with Gasteiger partial charge in [-0.15, -0.1) is 0 Å². The molecule has 0 saturated heterocycles. The third-order valence-corrected chi connectivity index (χ3v) is 5.20. The van der Waals surface area contributed by atoms with Gasteiger partial charge in [0.15, 0.2) is 6.73 Å². The number of alkyl halides is 6. The van der Waals surface area contributed by atoms with Crippen LogP contribution in [0.4, 0.5) is 32.0 Å². The zero-order chi connectivity index (χ0) is 18.2. The molecule has 2 nitrogen and oxygen atoms in total. The minimum Gasteiger partial charge on any atom is -0.472 e. The summed E-state index contributed by atoms with van der Waals surface area (Å²) in [4.78, 5) is 0.661. The average molecular weight is 424 g/mol. The number of allylic oxidation sites excluding steroid dienone is 2. The Morgan fingerprint density at radius 3 is 2.16 bits per heavy atom. The lowest BCUT2D eigenvalue weighted by molar-refractivity contribution is -0.263. The molecule has 1 heterocycles. The quantitative estimate of drug-likeness (QED) is 0.559. The van der Waals surface area contributed by atoms with Gasteiger partial charge in [0.05, 0.1) is 10.2 Å². The van der Waals surface area contributed by atoms with Crippen molar-refractivity contribution in [1.82, 2.24) is 0 Å². The van der Waals surface area contributed by atoms with Gasteiger partial charge in [0.2, 0.25) is 0 Å². The minimum absolute atomic E-state index is 0.0967. The SMILES string of the molecule is FC1(F)C(Br)=C(N2COc3cccc4cccc2c34)C(F)(F)C1(F)F. The predicted molar refractivity (Wildman–Crippen MR) is 82.7 cm³/mol. The number of hydrogen-bond acceptors (Lipinski definition) is 2. The Hall–Kier alpha value is -1.90. The van der Waals surface area contributed by atoms with Crippen LogP contribution in [-0.2, 0) is 0 Å². The van der Waals surface area contributed by atoms with Gasteiger partial charge in [0.25, 0.3) is 0 Å². The van der Waals surface area contributed by atoms with Gasteiger partial charge in [0, 0.05) is 5.39 Å². The molecule has 2 aliphatic rings. The Bertz CT molecular complexity index is 921. The number of ether oxygens (including phenoxy) is 1. The van der Waals surface area contributed by atoms with Gasteiger partial charge < -0.3 is 9.64 Å². The zero-order valence-electron chi connectivity index (χ0n) is 12.2. The van der Waals surface area contributed by atoms with Gasteiger partial charge in [-0.25, -0.2) is 0 Å². The van der Waals surface area contributed by atoms with E-state index in [0.717, 1.165) is 0 Å². The normalized spacial score (nSPS) is 23.1. The van der Waals surface area contributed by atoms with Crippen LogP contribution in [0.1, 0.15) is 0 Å². The highest BCUT2D eigenvalue weighted by Crippen LogP contribution is 2.62. The molecule has 0 amide bonds. The fourth-order valence-corrected chi connectivity index (χ4v) is 3.79. The van der Waals surface area contributed by atoms with E-state index in [1.165, 1.54) is 12.1 Å². The van der Waals surface area contributed by atoms with Gasteiger partial charge in [-0.1, -0.05) is 24.3 Å². The van der Waals surface area contributed by atoms with E-state index in [0.29, 0.717) is 21.4 Å². The molecule has 1 aliphatic heterocycles. The van der Waals surface area contributed by atoms with Crippen molar-refractivity contribution in [2.75, 3.05) is 11.6 Å². The molecule has 0 spiro atoms. The maximum atomic E-state index is 14.3. The largest absolute Gasteiger partial charge is 0.472 e. The number of nitrogens with zero attached hydrogens (tertiary/aromatic N) is 1. The Kier molecular flexibility index (Phi) is 3.20. The summed E-state index contributed by atoms with van der Waals surface area (Å²) < 4.78 is 87.3. The summed E-state index contributed by atoms with van der Waals surface area (Å²) in [6, 6.07) is 9.54. The molecular weight excluding hydrogens is 416 g/mol. The minimum atomic E-state index is -5.56. The lowest BCUT2D eigenvalue weighted by Crippen LogP contribution is -2.51. The van der Waals surface area contributed by atoms with Gasteiger partial charge in [0.1, 0.15) is 11.4 Å². The first-order chi connectivity index (χ1) is 11.6. The number of hydrogen-bond donors (Lipinski definition) is 0. The Morgan fingerprint density at radius 2 is 1.56 bits per heavy atom. The summed E-state index contributed by atoms with van der Waals surface area (Å²) in [6.45, 7) is -0.595. The van der Waals surface area contributed by atoms with Crippen molar-refractivity contribution in [3.05, 3.63) is 46.6 Å². The maximum Gasteiger partial charge on any atom is 0.382 e. The number of anilines is 1. The van der Waals surface area contributed by atoms with Crippen molar-refractivity contribution >= 4 is 32.4 Å². The van der Waals surface area contributed by atoms with Crippen molar-refractivity contribution in [2.45, 2.75) is 17.8 Å². The fraction of sp³-hybridized carbons (Fsp3) is 0.250. The van der Waals surface area contributed by atoms with Crippen LogP contribution in [0.2, 0.25) is 0 Å². The van der Waals surface area contributed by atoms with Crippen LogP contribution in [0, 0.1) is 0 Å². The first-order valence-corrected chi connectivity index (χ1v) is 7.86. The summed E-state index contributed by atoms with van der Waals surface area (Å²) in [5.41, 5.74) is -1.40. The van der Waals surface area contributed by atoms with Crippen LogP contribution in [0.5, 0.6) is 5.75 Å².